The minimum Gasteiger partial charge on any atom is -0.483 e. The summed E-state index contributed by atoms with van der Waals surface area (Å²) in [5, 5.41) is 12.6. The van der Waals surface area contributed by atoms with Crippen LogP contribution in [0, 0.1) is 6.92 Å². The van der Waals surface area contributed by atoms with Gasteiger partial charge in [0, 0.05) is 16.5 Å². The van der Waals surface area contributed by atoms with E-state index in [1.54, 1.807) is 13.0 Å². The average Bonchev–Trinajstić information content (AvgIpc) is 2.71. The second kappa shape index (κ2) is 9.11. The van der Waals surface area contributed by atoms with Gasteiger partial charge in [-0.3, -0.25) is 4.79 Å². The molecule has 0 bridgehead atoms. The molecule has 0 saturated carbocycles. The highest BCUT2D eigenvalue weighted by Gasteiger charge is 2.22. The number of hydrogen-bond acceptors (Lipinski definition) is 5. The van der Waals surface area contributed by atoms with E-state index in [-0.39, 0.29) is 12.2 Å². The number of fused-ring (bicyclic) bond motifs is 3. The third-order valence-electron chi connectivity index (χ3n) is 5.43. The highest BCUT2D eigenvalue weighted by Crippen LogP contribution is 2.32. The minimum absolute atomic E-state index is 0.301. The molecule has 0 saturated heterocycles. The van der Waals surface area contributed by atoms with Crippen molar-refractivity contribution in [3.63, 3.8) is 0 Å². The first-order valence-electron chi connectivity index (χ1n) is 10.2. The second-order valence-electron chi connectivity index (χ2n) is 7.51. The number of rotatable bonds is 8. The Labute approximate surface area is 169 Å². The van der Waals surface area contributed by atoms with Crippen LogP contribution in [-0.4, -0.2) is 29.6 Å². The Morgan fingerprint density at radius 2 is 1.97 bits per heavy atom. The van der Waals surface area contributed by atoms with Crippen molar-refractivity contribution in [3.8, 4) is 5.75 Å². The lowest BCUT2D eigenvalue weighted by atomic mass is 9.90. The number of carboxylic acids is 1. The molecule has 0 radical (unpaired) electrons. The highest BCUT2D eigenvalue weighted by molar-refractivity contribution is 5.87. The molecule has 7 nitrogen and oxygen atoms in total. The summed E-state index contributed by atoms with van der Waals surface area (Å²) in [4.78, 5) is 35.8. The zero-order valence-electron chi connectivity index (χ0n) is 16.9. The van der Waals surface area contributed by atoms with E-state index in [2.05, 4.69) is 5.32 Å². The third-order valence-corrected chi connectivity index (χ3v) is 5.43. The standard InChI is InChI=1S/C22H27NO6/c1-3-4-9-17(21(25)26)23-19(24)12-28-18-11-10-15-14-7-5-6-8-16(14)22(27)29-20(15)13(18)2/h10-11,17H,3-9,12H2,1-2H3,(H,23,24)(H,25,26). The van der Waals surface area contributed by atoms with Crippen LogP contribution < -0.4 is 15.7 Å². The lowest BCUT2D eigenvalue weighted by Crippen LogP contribution is -2.42. The molecule has 1 aliphatic carbocycles. The van der Waals surface area contributed by atoms with Crippen molar-refractivity contribution in [1.29, 1.82) is 0 Å². The summed E-state index contributed by atoms with van der Waals surface area (Å²) in [5.74, 6) is -1.12. The molecule has 1 aromatic carbocycles. The maximum Gasteiger partial charge on any atom is 0.339 e. The van der Waals surface area contributed by atoms with Crippen LogP contribution in [0.1, 0.15) is 55.7 Å². The fraction of sp³-hybridized carbons (Fsp3) is 0.500. The van der Waals surface area contributed by atoms with Crippen molar-refractivity contribution in [1.82, 2.24) is 5.32 Å². The van der Waals surface area contributed by atoms with Gasteiger partial charge in [-0.15, -0.1) is 0 Å². The summed E-state index contributed by atoms with van der Waals surface area (Å²) >= 11 is 0. The van der Waals surface area contributed by atoms with Crippen LogP contribution in [0.15, 0.2) is 21.3 Å². The van der Waals surface area contributed by atoms with Gasteiger partial charge in [0.25, 0.3) is 5.91 Å². The van der Waals surface area contributed by atoms with Crippen LogP contribution in [0.5, 0.6) is 5.75 Å². The molecule has 156 valence electrons. The quantitative estimate of drug-likeness (QED) is 0.659. The number of amides is 1. The van der Waals surface area contributed by atoms with Gasteiger partial charge in [0.15, 0.2) is 6.61 Å². The van der Waals surface area contributed by atoms with Crippen LogP contribution in [-0.2, 0) is 22.4 Å². The maximum atomic E-state index is 12.4. The molecular formula is C22H27NO6. The molecule has 1 amide bonds. The van der Waals surface area contributed by atoms with E-state index in [0.29, 0.717) is 29.7 Å². The Bertz CT molecular complexity index is 977. The van der Waals surface area contributed by atoms with E-state index in [0.717, 1.165) is 48.6 Å². The Morgan fingerprint density at radius 3 is 2.66 bits per heavy atom. The molecular weight excluding hydrogens is 374 g/mol. The van der Waals surface area contributed by atoms with E-state index in [4.69, 9.17) is 9.15 Å². The zero-order chi connectivity index (χ0) is 21.0. The first-order valence-corrected chi connectivity index (χ1v) is 10.2. The highest BCUT2D eigenvalue weighted by atomic mass is 16.5. The van der Waals surface area contributed by atoms with Crippen molar-refractivity contribution >= 4 is 22.8 Å². The number of unbranched alkanes of at least 4 members (excludes halogenated alkanes) is 1. The molecule has 0 fully saturated rings. The van der Waals surface area contributed by atoms with E-state index in [1.165, 1.54) is 0 Å². The third kappa shape index (κ3) is 4.60. The minimum atomic E-state index is -1.06. The van der Waals surface area contributed by atoms with Crippen LogP contribution in [0.3, 0.4) is 0 Å². The summed E-state index contributed by atoms with van der Waals surface area (Å²) < 4.78 is 11.2. The van der Waals surface area contributed by atoms with Gasteiger partial charge in [-0.2, -0.15) is 0 Å². The van der Waals surface area contributed by atoms with Gasteiger partial charge < -0.3 is 19.6 Å². The Kier molecular flexibility index (Phi) is 6.56. The Hall–Kier alpha value is -2.83. The summed E-state index contributed by atoms with van der Waals surface area (Å²) in [7, 11) is 0. The number of benzene rings is 1. The van der Waals surface area contributed by atoms with E-state index >= 15 is 0 Å². The molecule has 1 aliphatic rings. The van der Waals surface area contributed by atoms with Gasteiger partial charge in [0.05, 0.1) is 0 Å². The molecule has 2 N–H and O–H groups in total. The number of carboxylic acid groups (broad SMARTS) is 1. The van der Waals surface area contributed by atoms with Gasteiger partial charge in [-0.05, 0) is 56.7 Å². The first-order chi connectivity index (χ1) is 13.9. The molecule has 1 heterocycles. The summed E-state index contributed by atoms with van der Waals surface area (Å²) in [6.45, 7) is 3.44. The zero-order valence-corrected chi connectivity index (χ0v) is 16.9. The van der Waals surface area contributed by atoms with Crippen molar-refractivity contribution in [2.45, 2.75) is 64.8 Å². The van der Waals surface area contributed by atoms with Crippen molar-refractivity contribution in [2.24, 2.45) is 0 Å². The van der Waals surface area contributed by atoms with E-state index < -0.39 is 17.9 Å². The molecule has 0 spiro atoms. The SMILES string of the molecule is CCCCC(NC(=O)COc1ccc2c3c(c(=O)oc2c1C)CCCC3)C(=O)O. The van der Waals surface area contributed by atoms with Crippen molar-refractivity contribution < 1.29 is 23.8 Å². The fourth-order valence-electron chi connectivity index (χ4n) is 3.83. The van der Waals surface area contributed by atoms with Gasteiger partial charge in [-0.1, -0.05) is 19.8 Å². The summed E-state index contributed by atoms with van der Waals surface area (Å²) in [5.41, 5.74) is 2.66. The lowest BCUT2D eigenvalue weighted by Gasteiger charge is -2.18. The maximum absolute atomic E-state index is 12.4. The number of carbonyl (C=O) groups is 2. The fourth-order valence-corrected chi connectivity index (χ4v) is 3.83. The lowest BCUT2D eigenvalue weighted by molar-refractivity contribution is -0.142. The first kappa shape index (κ1) is 20.9. The second-order valence-corrected chi connectivity index (χ2v) is 7.51. The molecule has 1 aromatic heterocycles. The number of carbonyl (C=O) groups excluding carboxylic acids is 1. The molecule has 0 aliphatic heterocycles. The Morgan fingerprint density at radius 1 is 1.24 bits per heavy atom. The predicted octanol–water partition coefficient (Wildman–Crippen LogP) is 3.12. The predicted molar refractivity (Wildman–Crippen MR) is 108 cm³/mol. The normalized spacial score (nSPS) is 14.3. The van der Waals surface area contributed by atoms with Gasteiger partial charge in [0.2, 0.25) is 0 Å². The van der Waals surface area contributed by atoms with E-state index in [1.807, 2.05) is 13.0 Å². The topological polar surface area (TPSA) is 106 Å². The smallest absolute Gasteiger partial charge is 0.339 e. The molecule has 2 aromatic rings. The monoisotopic (exact) mass is 401 g/mol. The number of hydrogen-bond donors (Lipinski definition) is 2. The van der Waals surface area contributed by atoms with Crippen LogP contribution >= 0.6 is 0 Å². The van der Waals surface area contributed by atoms with Crippen LogP contribution in [0.25, 0.3) is 11.0 Å². The number of ether oxygens (including phenoxy) is 1. The van der Waals surface area contributed by atoms with Crippen LogP contribution in [0.2, 0.25) is 0 Å². The van der Waals surface area contributed by atoms with Gasteiger partial charge >= 0.3 is 11.6 Å². The molecule has 1 unspecified atom stereocenters. The van der Waals surface area contributed by atoms with E-state index in [9.17, 15) is 19.5 Å². The average molecular weight is 401 g/mol. The molecule has 29 heavy (non-hydrogen) atoms. The molecule has 1 atom stereocenters. The molecule has 3 rings (SSSR count). The van der Waals surface area contributed by atoms with Gasteiger partial charge in [-0.25, -0.2) is 9.59 Å². The van der Waals surface area contributed by atoms with Crippen LogP contribution in [0.4, 0.5) is 0 Å². The largest absolute Gasteiger partial charge is 0.483 e. The van der Waals surface area contributed by atoms with Gasteiger partial charge in [0.1, 0.15) is 17.4 Å². The van der Waals surface area contributed by atoms with Crippen molar-refractivity contribution in [2.75, 3.05) is 6.61 Å². The number of aryl methyl sites for hydroxylation is 2. The number of nitrogens with one attached hydrogen (secondary N) is 1. The number of aliphatic carboxylic acids is 1. The Balaban J connectivity index is 1.75. The summed E-state index contributed by atoms with van der Waals surface area (Å²) in [6.07, 6.45) is 5.58. The summed E-state index contributed by atoms with van der Waals surface area (Å²) in [6, 6.07) is 2.71. The molecule has 7 heteroatoms. The van der Waals surface area contributed by atoms with Crippen molar-refractivity contribution in [3.05, 3.63) is 39.2 Å².